The van der Waals surface area contributed by atoms with Crippen LogP contribution in [-0.2, 0) is 22.6 Å². The van der Waals surface area contributed by atoms with Crippen molar-refractivity contribution in [1.82, 2.24) is 0 Å². The van der Waals surface area contributed by atoms with Gasteiger partial charge in [-0.15, -0.1) is 0 Å². The lowest BCUT2D eigenvalue weighted by molar-refractivity contribution is -0.137. The molecule has 2 N–H and O–H groups in total. The normalized spacial score (nSPS) is 15.9. The van der Waals surface area contributed by atoms with Crippen LogP contribution in [0.15, 0.2) is 71.6 Å². The number of thiocarbonyl (C=S) groups is 1. The minimum atomic E-state index is -4.48. The Balaban J connectivity index is 1.50. The van der Waals surface area contributed by atoms with Crippen LogP contribution in [0.4, 0.5) is 34.6 Å². The van der Waals surface area contributed by atoms with E-state index in [0.29, 0.717) is 29.8 Å². The zero-order chi connectivity index (χ0) is 25.4. The Hall–Kier alpha value is -3.18. The van der Waals surface area contributed by atoms with Crippen LogP contribution in [0.3, 0.4) is 0 Å². The minimum Gasteiger partial charge on any atom is -0.332 e. The first-order chi connectivity index (χ1) is 16.4. The zero-order valence-electron chi connectivity index (χ0n) is 18.4. The Morgan fingerprint density at radius 3 is 2.37 bits per heavy atom. The van der Waals surface area contributed by atoms with Crippen molar-refractivity contribution >= 4 is 44.4 Å². The van der Waals surface area contributed by atoms with Gasteiger partial charge in [0.25, 0.3) is 10.0 Å². The van der Waals surface area contributed by atoms with Gasteiger partial charge in [-0.2, -0.15) is 13.2 Å². The van der Waals surface area contributed by atoms with Gasteiger partial charge in [-0.1, -0.05) is 6.07 Å². The Morgan fingerprint density at radius 2 is 1.69 bits per heavy atom. The fourth-order valence-electron chi connectivity index (χ4n) is 3.95. The number of benzene rings is 3. The zero-order valence-corrected chi connectivity index (χ0v) is 20.1. The summed E-state index contributed by atoms with van der Waals surface area (Å²) in [4.78, 5) is 0.0452. The number of nitrogens with one attached hydrogen (secondary N) is 2. The van der Waals surface area contributed by atoms with Crippen LogP contribution in [0.2, 0.25) is 0 Å². The molecule has 0 fully saturated rings. The maximum atomic E-state index is 13.7. The number of halogens is 4. The molecule has 0 amide bonds. The highest BCUT2D eigenvalue weighted by atomic mass is 32.2. The number of sulfonamides is 1. The summed E-state index contributed by atoms with van der Waals surface area (Å²) in [5, 5.41) is 5.55. The van der Waals surface area contributed by atoms with Crippen molar-refractivity contribution in [3.63, 3.8) is 0 Å². The summed E-state index contributed by atoms with van der Waals surface area (Å²) in [6.45, 7) is 1.80. The van der Waals surface area contributed by atoms with E-state index in [1.54, 1.807) is 6.92 Å². The van der Waals surface area contributed by atoms with Gasteiger partial charge in [-0.3, -0.25) is 4.31 Å². The van der Waals surface area contributed by atoms with E-state index in [2.05, 4.69) is 10.6 Å². The molecule has 5 nitrogen and oxygen atoms in total. The second-order valence-electron chi connectivity index (χ2n) is 8.14. The summed E-state index contributed by atoms with van der Waals surface area (Å²) in [5.74, 6) is -0.416. The van der Waals surface area contributed by atoms with Gasteiger partial charge in [0.05, 0.1) is 16.1 Å². The molecule has 3 aromatic rings. The number of nitrogens with zero attached hydrogens (tertiary/aromatic N) is 1. The van der Waals surface area contributed by atoms with E-state index in [4.69, 9.17) is 12.2 Å². The number of fused-ring (bicyclic) bond motifs is 1. The number of anilines is 3. The molecule has 4 rings (SSSR count). The monoisotopic (exact) mass is 523 g/mol. The maximum absolute atomic E-state index is 13.7. The number of alkyl halides is 3. The van der Waals surface area contributed by atoms with E-state index >= 15 is 0 Å². The number of hydrogen-bond donors (Lipinski definition) is 2. The average Bonchev–Trinajstić information content (AvgIpc) is 2.79. The van der Waals surface area contributed by atoms with Crippen molar-refractivity contribution in [3.8, 4) is 0 Å². The molecule has 11 heteroatoms. The van der Waals surface area contributed by atoms with Gasteiger partial charge < -0.3 is 10.6 Å². The van der Waals surface area contributed by atoms with Gasteiger partial charge in [-0.05, 0) is 98.2 Å². The van der Waals surface area contributed by atoms with Crippen molar-refractivity contribution in [2.24, 2.45) is 0 Å². The summed E-state index contributed by atoms with van der Waals surface area (Å²) in [7, 11) is -3.92. The Bertz CT molecular complexity index is 1360. The van der Waals surface area contributed by atoms with Crippen LogP contribution >= 0.6 is 12.2 Å². The van der Waals surface area contributed by atoms with E-state index in [9.17, 15) is 26.0 Å². The van der Waals surface area contributed by atoms with Crippen LogP contribution in [0.1, 0.15) is 24.5 Å². The smallest absolute Gasteiger partial charge is 0.332 e. The Labute approximate surface area is 205 Å². The fourth-order valence-corrected chi connectivity index (χ4v) is 5.90. The lowest BCUT2D eigenvalue weighted by Gasteiger charge is -2.36. The summed E-state index contributed by atoms with van der Waals surface area (Å²) in [5.41, 5.74) is 0.888. The maximum Gasteiger partial charge on any atom is 0.416 e. The second kappa shape index (κ2) is 9.46. The van der Waals surface area contributed by atoms with E-state index in [-0.39, 0.29) is 21.7 Å². The number of aryl methyl sites for hydroxylation is 1. The van der Waals surface area contributed by atoms with Gasteiger partial charge in [0, 0.05) is 17.4 Å². The molecule has 1 aliphatic heterocycles. The molecule has 184 valence electrons. The van der Waals surface area contributed by atoms with Crippen molar-refractivity contribution < 1.29 is 26.0 Å². The van der Waals surface area contributed by atoms with E-state index in [1.807, 2.05) is 0 Å². The molecule has 1 aliphatic rings. The van der Waals surface area contributed by atoms with Crippen molar-refractivity contribution in [2.75, 3.05) is 14.9 Å². The molecule has 0 aliphatic carbocycles. The van der Waals surface area contributed by atoms with E-state index < -0.39 is 27.6 Å². The highest BCUT2D eigenvalue weighted by Crippen LogP contribution is 2.36. The lowest BCUT2D eigenvalue weighted by Crippen LogP contribution is -2.42. The topological polar surface area (TPSA) is 61.4 Å². The Morgan fingerprint density at radius 1 is 1.00 bits per heavy atom. The SMILES string of the molecule is C[C@H]1CCc2cc(F)ccc2N1S(=O)(=O)c1ccc(NC(=S)Nc2cccc(C(F)(F)F)c2)cc1. The van der Waals surface area contributed by atoms with Gasteiger partial charge in [0.2, 0.25) is 0 Å². The molecule has 0 radical (unpaired) electrons. The molecule has 1 heterocycles. The average molecular weight is 524 g/mol. The molecule has 0 spiro atoms. The summed E-state index contributed by atoms with van der Waals surface area (Å²) in [6, 6.07) is 14.2. The predicted octanol–water partition coefficient (Wildman–Crippen LogP) is 6.18. The van der Waals surface area contributed by atoms with Crippen LogP contribution in [-0.4, -0.2) is 19.6 Å². The quantitative estimate of drug-likeness (QED) is 0.316. The second-order valence-corrected chi connectivity index (χ2v) is 10.4. The molecule has 0 aromatic heterocycles. The molecular formula is C24H21F4N3O2S2. The van der Waals surface area contributed by atoms with Gasteiger partial charge in [-0.25, -0.2) is 12.8 Å². The lowest BCUT2D eigenvalue weighted by atomic mass is 9.99. The first-order valence-electron chi connectivity index (χ1n) is 10.6. The van der Waals surface area contributed by atoms with E-state index in [1.165, 1.54) is 58.9 Å². The highest BCUT2D eigenvalue weighted by Gasteiger charge is 2.34. The van der Waals surface area contributed by atoms with Crippen molar-refractivity contribution in [1.29, 1.82) is 0 Å². The molecule has 0 saturated heterocycles. The Kier molecular flexibility index (Phi) is 6.74. The highest BCUT2D eigenvalue weighted by molar-refractivity contribution is 7.92. The van der Waals surface area contributed by atoms with Crippen molar-refractivity contribution in [3.05, 3.63) is 83.7 Å². The van der Waals surface area contributed by atoms with Gasteiger partial charge in [0.1, 0.15) is 5.82 Å². The van der Waals surface area contributed by atoms with Crippen molar-refractivity contribution in [2.45, 2.75) is 36.9 Å². The van der Waals surface area contributed by atoms with Gasteiger partial charge in [0.15, 0.2) is 5.11 Å². The molecule has 0 bridgehead atoms. The molecule has 0 unspecified atom stereocenters. The largest absolute Gasteiger partial charge is 0.416 e. The predicted molar refractivity (Wildman–Crippen MR) is 132 cm³/mol. The van der Waals surface area contributed by atoms with Crippen LogP contribution < -0.4 is 14.9 Å². The van der Waals surface area contributed by atoms with Crippen LogP contribution in [0, 0.1) is 5.82 Å². The molecular weight excluding hydrogens is 502 g/mol. The molecule has 1 atom stereocenters. The first-order valence-corrected chi connectivity index (χ1v) is 12.5. The summed E-state index contributed by atoms with van der Waals surface area (Å²) in [6.07, 6.45) is -3.33. The number of rotatable bonds is 4. The molecule has 3 aromatic carbocycles. The number of hydrogen-bond acceptors (Lipinski definition) is 3. The van der Waals surface area contributed by atoms with E-state index in [0.717, 1.165) is 12.1 Å². The molecule has 35 heavy (non-hydrogen) atoms. The summed E-state index contributed by atoms with van der Waals surface area (Å²) < 4.78 is 80.5. The van der Waals surface area contributed by atoms with Crippen LogP contribution in [0.5, 0.6) is 0 Å². The van der Waals surface area contributed by atoms with Gasteiger partial charge >= 0.3 is 6.18 Å². The third-order valence-electron chi connectivity index (χ3n) is 5.63. The summed E-state index contributed by atoms with van der Waals surface area (Å²) >= 11 is 5.17. The minimum absolute atomic E-state index is 0.0422. The first kappa shape index (κ1) is 24.9. The fraction of sp³-hybridized carbons (Fsp3) is 0.208. The molecule has 0 saturated carbocycles. The third-order valence-corrected chi connectivity index (χ3v) is 7.77. The third kappa shape index (κ3) is 5.40. The standard InChI is InChI=1S/C24H21F4N3O2S2/c1-15-5-6-16-13-18(25)7-12-22(16)31(15)35(32,33)21-10-8-19(9-11-21)29-23(34)30-20-4-2-3-17(14-20)24(26,27)28/h2-4,7-15H,5-6H2,1H3,(H2,29,30,34)/t15-/m0/s1. The van der Waals surface area contributed by atoms with Crippen LogP contribution in [0.25, 0.3) is 0 Å².